The van der Waals surface area contributed by atoms with Crippen LogP contribution in [0.2, 0.25) is 0 Å². The fourth-order valence-corrected chi connectivity index (χ4v) is 4.61. The van der Waals surface area contributed by atoms with Gasteiger partial charge in [0.2, 0.25) is 0 Å². The number of nitrogens with zero attached hydrogens (tertiary/aromatic N) is 2. The van der Waals surface area contributed by atoms with Gasteiger partial charge in [-0.3, -0.25) is 0 Å². The van der Waals surface area contributed by atoms with Crippen molar-refractivity contribution < 1.29 is 4.74 Å². The molecule has 1 heterocycles. The Morgan fingerprint density at radius 1 is 1.04 bits per heavy atom. The number of nitriles is 1. The zero-order valence-corrected chi connectivity index (χ0v) is 14.8. The Hall–Kier alpha value is -2.21. The van der Waals surface area contributed by atoms with E-state index in [0.29, 0.717) is 0 Å². The smallest absolute Gasteiger partial charge is 0.119 e. The maximum absolute atomic E-state index is 9.79. The minimum atomic E-state index is -0.411. The average Bonchev–Trinajstić information content (AvgIpc) is 2.91. The van der Waals surface area contributed by atoms with Crippen molar-refractivity contribution in [1.82, 2.24) is 4.57 Å². The summed E-state index contributed by atoms with van der Waals surface area (Å²) in [4.78, 5) is 0. The SMILES string of the molecule is COc1ccc(-n2c(C)c3c(c2C)C(C)(C#N)CC3(C)C)cc1. The van der Waals surface area contributed by atoms with E-state index >= 15 is 0 Å². The molecule has 120 valence electrons. The van der Waals surface area contributed by atoms with E-state index in [2.05, 4.69) is 57.4 Å². The molecule has 2 aromatic rings. The van der Waals surface area contributed by atoms with Crippen molar-refractivity contribution in [1.29, 1.82) is 5.26 Å². The summed E-state index contributed by atoms with van der Waals surface area (Å²) in [5, 5.41) is 9.79. The maximum atomic E-state index is 9.79. The molecule has 0 amide bonds. The molecule has 0 saturated carbocycles. The third kappa shape index (κ3) is 2.09. The quantitative estimate of drug-likeness (QED) is 0.815. The minimum Gasteiger partial charge on any atom is -0.497 e. The zero-order valence-electron chi connectivity index (χ0n) is 14.8. The van der Waals surface area contributed by atoms with E-state index in [1.807, 2.05) is 12.1 Å². The van der Waals surface area contributed by atoms with E-state index in [4.69, 9.17) is 4.74 Å². The highest BCUT2D eigenvalue weighted by molar-refractivity contribution is 5.58. The summed E-state index contributed by atoms with van der Waals surface area (Å²) < 4.78 is 7.54. The van der Waals surface area contributed by atoms with Crippen LogP contribution in [0.15, 0.2) is 24.3 Å². The number of hydrogen-bond donors (Lipinski definition) is 0. The van der Waals surface area contributed by atoms with Crippen LogP contribution in [0.1, 0.15) is 49.7 Å². The molecule has 0 spiro atoms. The number of aromatic nitrogens is 1. The van der Waals surface area contributed by atoms with Gasteiger partial charge in [0, 0.05) is 17.1 Å². The lowest BCUT2D eigenvalue weighted by Gasteiger charge is -2.24. The van der Waals surface area contributed by atoms with E-state index in [1.165, 1.54) is 22.5 Å². The van der Waals surface area contributed by atoms with E-state index < -0.39 is 5.41 Å². The fraction of sp³-hybridized carbons (Fsp3) is 0.450. The van der Waals surface area contributed by atoms with Crippen LogP contribution < -0.4 is 4.74 Å². The van der Waals surface area contributed by atoms with Gasteiger partial charge in [-0.05, 0) is 68.0 Å². The predicted octanol–water partition coefficient (Wildman–Crippen LogP) is 4.57. The Labute approximate surface area is 138 Å². The van der Waals surface area contributed by atoms with Crippen LogP contribution in [0.3, 0.4) is 0 Å². The molecular weight excluding hydrogens is 284 g/mol. The Kier molecular flexibility index (Phi) is 3.33. The number of methoxy groups -OCH3 is 1. The molecule has 0 fully saturated rings. The first-order valence-corrected chi connectivity index (χ1v) is 8.04. The highest BCUT2D eigenvalue weighted by atomic mass is 16.5. The van der Waals surface area contributed by atoms with Gasteiger partial charge in [-0.2, -0.15) is 5.26 Å². The Morgan fingerprint density at radius 2 is 1.61 bits per heavy atom. The molecule has 1 aliphatic rings. The van der Waals surface area contributed by atoms with Gasteiger partial charge in [-0.25, -0.2) is 0 Å². The predicted molar refractivity (Wildman–Crippen MR) is 92.4 cm³/mol. The van der Waals surface area contributed by atoms with Crippen molar-refractivity contribution in [2.24, 2.45) is 0 Å². The number of fused-ring (bicyclic) bond motifs is 1. The average molecular weight is 308 g/mol. The zero-order chi connectivity index (χ0) is 17.0. The lowest BCUT2D eigenvalue weighted by Crippen LogP contribution is -2.22. The highest BCUT2D eigenvalue weighted by Gasteiger charge is 2.49. The molecule has 3 rings (SSSR count). The molecule has 1 unspecified atom stereocenters. The van der Waals surface area contributed by atoms with Gasteiger partial charge >= 0.3 is 0 Å². The fourth-order valence-electron chi connectivity index (χ4n) is 4.61. The molecular formula is C20H24N2O. The van der Waals surface area contributed by atoms with Gasteiger partial charge in [0.15, 0.2) is 0 Å². The number of benzene rings is 1. The summed E-state index contributed by atoms with van der Waals surface area (Å²) in [5.41, 5.74) is 5.71. The molecule has 0 aliphatic heterocycles. The molecule has 3 heteroatoms. The lowest BCUT2D eigenvalue weighted by atomic mass is 9.80. The summed E-state index contributed by atoms with van der Waals surface area (Å²) in [6, 6.07) is 10.7. The van der Waals surface area contributed by atoms with Crippen LogP contribution in [0.4, 0.5) is 0 Å². The van der Waals surface area contributed by atoms with Gasteiger partial charge in [0.25, 0.3) is 0 Å². The van der Waals surface area contributed by atoms with E-state index in [-0.39, 0.29) is 5.41 Å². The van der Waals surface area contributed by atoms with E-state index in [0.717, 1.165) is 17.9 Å². The van der Waals surface area contributed by atoms with Crippen LogP contribution in [0, 0.1) is 25.2 Å². The Bertz CT molecular complexity index is 806. The largest absolute Gasteiger partial charge is 0.497 e. The number of ether oxygens (including phenoxy) is 1. The summed E-state index contributed by atoms with van der Waals surface area (Å²) in [6.07, 6.45) is 0.881. The second kappa shape index (κ2) is 4.89. The Morgan fingerprint density at radius 3 is 2.13 bits per heavy atom. The van der Waals surface area contributed by atoms with E-state index in [9.17, 15) is 5.26 Å². The summed E-state index contributed by atoms with van der Waals surface area (Å²) in [5.74, 6) is 0.853. The molecule has 1 atom stereocenters. The first-order valence-electron chi connectivity index (χ1n) is 8.04. The summed E-state index contributed by atoms with van der Waals surface area (Å²) in [7, 11) is 1.68. The van der Waals surface area contributed by atoms with Gasteiger partial charge in [-0.15, -0.1) is 0 Å². The van der Waals surface area contributed by atoms with Crippen LogP contribution in [0.25, 0.3) is 5.69 Å². The summed E-state index contributed by atoms with van der Waals surface area (Å²) >= 11 is 0. The molecule has 0 N–H and O–H groups in total. The van der Waals surface area contributed by atoms with Crippen molar-refractivity contribution in [2.45, 2.75) is 51.9 Å². The molecule has 1 aromatic heterocycles. The van der Waals surface area contributed by atoms with Crippen molar-refractivity contribution in [3.8, 4) is 17.5 Å². The van der Waals surface area contributed by atoms with Crippen molar-refractivity contribution in [3.05, 3.63) is 46.8 Å². The van der Waals surface area contributed by atoms with Crippen molar-refractivity contribution in [3.63, 3.8) is 0 Å². The first kappa shape index (κ1) is 15.7. The van der Waals surface area contributed by atoms with Crippen LogP contribution in [-0.2, 0) is 10.8 Å². The lowest BCUT2D eigenvalue weighted by molar-refractivity contribution is 0.414. The molecule has 0 saturated heterocycles. The summed E-state index contributed by atoms with van der Waals surface area (Å²) in [6.45, 7) is 10.9. The highest BCUT2D eigenvalue weighted by Crippen LogP contribution is 2.53. The van der Waals surface area contributed by atoms with Crippen molar-refractivity contribution in [2.75, 3.05) is 7.11 Å². The molecule has 3 nitrogen and oxygen atoms in total. The molecule has 1 aliphatic carbocycles. The standard InChI is InChI=1S/C20H24N2O/c1-13-17-18(20(5,12-21)11-19(17,3)4)14(2)22(13)15-7-9-16(23-6)10-8-15/h7-10H,11H2,1-6H3. The number of hydrogen-bond acceptors (Lipinski definition) is 2. The van der Waals surface area contributed by atoms with Crippen LogP contribution in [-0.4, -0.2) is 11.7 Å². The monoisotopic (exact) mass is 308 g/mol. The van der Waals surface area contributed by atoms with Crippen LogP contribution in [0.5, 0.6) is 5.75 Å². The van der Waals surface area contributed by atoms with E-state index in [1.54, 1.807) is 7.11 Å². The number of rotatable bonds is 2. The molecule has 1 aromatic carbocycles. The van der Waals surface area contributed by atoms with Gasteiger partial charge in [0.1, 0.15) is 5.75 Å². The third-order valence-electron chi connectivity index (χ3n) is 5.25. The molecule has 0 bridgehead atoms. The molecule has 0 radical (unpaired) electrons. The second-order valence-electron chi connectivity index (χ2n) is 7.46. The Balaban J connectivity index is 2.27. The topological polar surface area (TPSA) is 38.0 Å². The maximum Gasteiger partial charge on any atom is 0.119 e. The minimum absolute atomic E-state index is 0.0202. The van der Waals surface area contributed by atoms with Gasteiger partial charge < -0.3 is 9.30 Å². The normalized spacial score (nSPS) is 21.8. The van der Waals surface area contributed by atoms with Crippen LogP contribution >= 0.6 is 0 Å². The van der Waals surface area contributed by atoms with Gasteiger partial charge in [-0.1, -0.05) is 13.8 Å². The first-order chi connectivity index (χ1) is 10.7. The third-order valence-corrected chi connectivity index (χ3v) is 5.25. The molecule has 23 heavy (non-hydrogen) atoms. The van der Waals surface area contributed by atoms with Crippen molar-refractivity contribution >= 4 is 0 Å². The second-order valence-corrected chi connectivity index (χ2v) is 7.46. The van der Waals surface area contributed by atoms with Gasteiger partial charge in [0.05, 0.1) is 18.6 Å².